The van der Waals surface area contributed by atoms with Gasteiger partial charge >= 0.3 is 5.97 Å². The number of aromatic hydroxyl groups is 1. The fourth-order valence-corrected chi connectivity index (χ4v) is 4.66. The standard InChI is InChI=1S/C25H38N4O6S/c1-4-15(2)21(25(34)35)28-22(31)19(14-16-7-9-17(30)10-8-16)27-23(32)20-6-5-12-29(20)24(33)18(26)11-13-36-3/h7-10,15,18-21,30H,4-6,11-14,26H2,1-3H3,(H,27,32)(H,28,31)(H,34,35). The van der Waals surface area contributed by atoms with Crippen LogP contribution in [-0.4, -0.2) is 81.5 Å². The number of aliphatic carboxylic acids is 1. The maximum atomic E-state index is 13.3. The van der Waals surface area contributed by atoms with E-state index in [0.29, 0.717) is 37.8 Å². The zero-order valence-electron chi connectivity index (χ0n) is 21.1. The largest absolute Gasteiger partial charge is 0.508 e. The summed E-state index contributed by atoms with van der Waals surface area (Å²) in [7, 11) is 0. The number of carboxylic acids is 1. The van der Waals surface area contributed by atoms with Crippen LogP contribution in [0.5, 0.6) is 5.75 Å². The number of rotatable bonds is 13. The van der Waals surface area contributed by atoms with E-state index in [1.807, 2.05) is 13.2 Å². The smallest absolute Gasteiger partial charge is 0.326 e. The van der Waals surface area contributed by atoms with Crippen molar-refractivity contribution in [2.24, 2.45) is 11.7 Å². The number of carbonyl (C=O) groups excluding carboxylic acids is 3. The second-order valence-corrected chi connectivity index (χ2v) is 10.2. The Kier molecular flexibility index (Phi) is 11.5. The molecular formula is C25H38N4O6S. The van der Waals surface area contributed by atoms with Crippen LogP contribution in [0.4, 0.5) is 0 Å². The van der Waals surface area contributed by atoms with Crippen molar-refractivity contribution in [3.8, 4) is 5.75 Å². The van der Waals surface area contributed by atoms with Crippen molar-refractivity contribution in [1.29, 1.82) is 0 Å². The molecule has 1 aliphatic heterocycles. The second-order valence-electron chi connectivity index (χ2n) is 9.22. The molecule has 1 aromatic rings. The lowest BCUT2D eigenvalue weighted by Crippen LogP contribution is -2.57. The van der Waals surface area contributed by atoms with Gasteiger partial charge < -0.3 is 31.5 Å². The quantitative estimate of drug-likeness (QED) is 0.257. The summed E-state index contributed by atoms with van der Waals surface area (Å²) >= 11 is 1.59. The summed E-state index contributed by atoms with van der Waals surface area (Å²) < 4.78 is 0. The lowest BCUT2D eigenvalue weighted by Gasteiger charge is -2.29. The van der Waals surface area contributed by atoms with E-state index in [1.165, 1.54) is 17.0 Å². The summed E-state index contributed by atoms with van der Waals surface area (Å²) in [5, 5.41) is 24.5. The molecule has 0 aliphatic carbocycles. The molecule has 0 saturated carbocycles. The van der Waals surface area contributed by atoms with Gasteiger partial charge in [-0.15, -0.1) is 0 Å². The van der Waals surface area contributed by atoms with E-state index in [4.69, 9.17) is 5.73 Å². The number of phenolic OH excluding ortho intramolecular Hbond substituents is 1. The van der Waals surface area contributed by atoms with Gasteiger partial charge in [-0.3, -0.25) is 14.4 Å². The first-order valence-electron chi connectivity index (χ1n) is 12.2. The molecule has 3 amide bonds. The summed E-state index contributed by atoms with van der Waals surface area (Å²) in [6, 6.07) is 2.56. The van der Waals surface area contributed by atoms with Crippen LogP contribution >= 0.6 is 11.8 Å². The summed E-state index contributed by atoms with van der Waals surface area (Å²) in [4.78, 5) is 52.6. The zero-order valence-corrected chi connectivity index (χ0v) is 21.9. The third-order valence-electron chi connectivity index (χ3n) is 6.57. The monoisotopic (exact) mass is 522 g/mol. The van der Waals surface area contributed by atoms with Gasteiger partial charge in [0.15, 0.2) is 0 Å². The number of hydrogen-bond donors (Lipinski definition) is 5. The topological polar surface area (TPSA) is 162 Å². The number of nitrogens with two attached hydrogens (primary N) is 1. The number of thioether (sulfide) groups is 1. The molecule has 2 rings (SSSR count). The lowest BCUT2D eigenvalue weighted by molar-refractivity contribution is -0.144. The highest BCUT2D eigenvalue weighted by Gasteiger charge is 2.38. The van der Waals surface area contributed by atoms with E-state index < -0.39 is 42.0 Å². The van der Waals surface area contributed by atoms with Gasteiger partial charge in [0.05, 0.1) is 6.04 Å². The average Bonchev–Trinajstić information content (AvgIpc) is 3.35. The first kappa shape index (κ1) is 29.4. The molecule has 0 radical (unpaired) electrons. The summed E-state index contributed by atoms with van der Waals surface area (Å²) in [5.74, 6) is -2.08. The van der Waals surface area contributed by atoms with Crippen LogP contribution in [0, 0.1) is 5.92 Å². The molecule has 1 aromatic carbocycles. The van der Waals surface area contributed by atoms with Crippen molar-refractivity contribution < 1.29 is 29.4 Å². The third kappa shape index (κ3) is 8.12. The Morgan fingerprint density at radius 3 is 2.44 bits per heavy atom. The van der Waals surface area contributed by atoms with E-state index in [1.54, 1.807) is 30.8 Å². The fraction of sp³-hybridized carbons (Fsp3) is 0.600. The van der Waals surface area contributed by atoms with Crippen LogP contribution in [0.15, 0.2) is 24.3 Å². The van der Waals surface area contributed by atoms with Gasteiger partial charge in [0, 0.05) is 13.0 Å². The number of hydrogen-bond acceptors (Lipinski definition) is 7. The number of carboxylic acid groups (broad SMARTS) is 1. The predicted octanol–water partition coefficient (Wildman–Crippen LogP) is 1.11. The molecule has 1 fully saturated rings. The van der Waals surface area contributed by atoms with E-state index in [9.17, 15) is 29.4 Å². The van der Waals surface area contributed by atoms with Crippen LogP contribution in [0.1, 0.15) is 45.1 Å². The highest BCUT2D eigenvalue weighted by Crippen LogP contribution is 2.20. The molecule has 10 nitrogen and oxygen atoms in total. The second kappa shape index (κ2) is 14.1. The Balaban J connectivity index is 2.21. The van der Waals surface area contributed by atoms with E-state index in [2.05, 4.69) is 10.6 Å². The molecule has 36 heavy (non-hydrogen) atoms. The molecule has 1 heterocycles. The van der Waals surface area contributed by atoms with Crippen LogP contribution in [-0.2, 0) is 25.6 Å². The summed E-state index contributed by atoms with van der Waals surface area (Å²) in [6.45, 7) is 3.97. The Morgan fingerprint density at radius 1 is 1.19 bits per heavy atom. The van der Waals surface area contributed by atoms with Gasteiger partial charge in [-0.25, -0.2) is 4.79 Å². The van der Waals surface area contributed by atoms with Crippen molar-refractivity contribution in [1.82, 2.24) is 15.5 Å². The normalized spacial score (nSPS) is 18.7. The SMILES string of the molecule is CCC(C)C(NC(=O)C(Cc1ccc(O)cc1)NC(=O)C1CCCN1C(=O)C(N)CCSC)C(=O)O. The zero-order chi connectivity index (χ0) is 26.8. The molecule has 1 aliphatic rings. The lowest BCUT2D eigenvalue weighted by atomic mass is 9.98. The van der Waals surface area contributed by atoms with E-state index >= 15 is 0 Å². The molecule has 1 saturated heterocycles. The molecule has 5 atom stereocenters. The van der Waals surface area contributed by atoms with Crippen molar-refractivity contribution in [3.63, 3.8) is 0 Å². The number of nitrogens with one attached hydrogen (secondary N) is 2. The van der Waals surface area contributed by atoms with E-state index in [-0.39, 0.29) is 24.0 Å². The van der Waals surface area contributed by atoms with Crippen LogP contribution < -0.4 is 16.4 Å². The molecule has 0 bridgehead atoms. The van der Waals surface area contributed by atoms with Gasteiger partial charge in [0.1, 0.15) is 23.9 Å². The van der Waals surface area contributed by atoms with Crippen molar-refractivity contribution in [3.05, 3.63) is 29.8 Å². The average molecular weight is 523 g/mol. The van der Waals surface area contributed by atoms with E-state index in [0.717, 1.165) is 5.75 Å². The Morgan fingerprint density at radius 2 is 1.86 bits per heavy atom. The number of phenols is 1. The molecular weight excluding hydrogens is 484 g/mol. The predicted molar refractivity (Wildman–Crippen MR) is 138 cm³/mol. The minimum atomic E-state index is -1.15. The van der Waals surface area contributed by atoms with Gasteiger partial charge in [-0.05, 0) is 54.9 Å². The summed E-state index contributed by atoms with van der Waals surface area (Å²) in [5.41, 5.74) is 6.73. The number of carbonyl (C=O) groups is 4. The molecule has 11 heteroatoms. The highest BCUT2D eigenvalue weighted by atomic mass is 32.2. The first-order chi connectivity index (χ1) is 17.1. The third-order valence-corrected chi connectivity index (χ3v) is 7.22. The Labute approximate surface area is 216 Å². The van der Waals surface area contributed by atoms with Gasteiger partial charge in [0.2, 0.25) is 17.7 Å². The number of amides is 3. The van der Waals surface area contributed by atoms with Gasteiger partial charge in [-0.1, -0.05) is 32.4 Å². The first-order valence-corrected chi connectivity index (χ1v) is 13.6. The van der Waals surface area contributed by atoms with Crippen LogP contribution in [0.3, 0.4) is 0 Å². The van der Waals surface area contributed by atoms with Crippen molar-refractivity contribution in [2.45, 2.75) is 70.1 Å². The molecule has 200 valence electrons. The molecule has 5 unspecified atom stereocenters. The molecule has 6 N–H and O–H groups in total. The van der Waals surface area contributed by atoms with Gasteiger partial charge in [-0.2, -0.15) is 11.8 Å². The Bertz CT molecular complexity index is 912. The maximum absolute atomic E-state index is 13.3. The molecule has 0 aromatic heterocycles. The maximum Gasteiger partial charge on any atom is 0.326 e. The minimum Gasteiger partial charge on any atom is -0.508 e. The van der Waals surface area contributed by atoms with Crippen LogP contribution in [0.25, 0.3) is 0 Å². The highest BCUT2D eigenvalue weighted by molar-refractivity contribution is 7.98. The minimum absolute atomic E-state index is 0.0596. The molecule has 0 spiro atoms. The fourth-order valence-electron chi connectivity index (χ4n) is 4.17. The van der Waals surface area contributed by atoms with Crippen molar-refractivity contribution >= 4 is 35.5 Å². The number of nitrogens with zero attached hydrogens (tertiary/aromatic N) is 1. The van der Waals surface area contributed by atoms with Crippen molar-refractivity contribution in [2.75, 3.05) is 18.6 Å². The summed E-state index contributed by atoms with van der Waals surface area (Å²) in [6.07, 6.45) is 4.15. The number of likely N-dealkylation sites (tertiary alicyclic amines) is 1. The Hall–Kier alpha value is -2.79. The number of benzene rings is 1. The van der Waals surface area contributed by atoms with Crippen LogP contribution in [0.2, 0.25) is 0 Å². The van der Waals surface area contributed by atoms with Gasteiger partial charge in [0.25, 0.3) is 0 Å².